The topological polar surface area (TPSA) is 49.8 Å². The molecule has 1 saturated carbocycles. The van der Waals surface area contributed by atoms with E-state index in [2.05, 4.69) is 0 Å². The zero-order valence-electron chi connectivity index (χ0n) is 9.09. The highest BCUT2D eigenvalue weighted by atomic mass is 16.6. The first-order valence-corrected chi connectivity index (χ1v) is 5.77. The third-order valence-corrected chi connectivity index (χ3v) is 4.09. The van der Waals surface area contributed by atoms with Crippen LogP contribution < -0.4 is 0 Å². The van der Waals surface area contributed by atoms with Gasteiger partial charge in [-0.3, -0.25) is 4.79 Å². The SMILES string of the molecule is CC(C)N1C(=O)[C@H]2CC[C@@H]3C(O)O[C@H]2[C@@H]31. The van der Waals surface area contributed by atoms with Crippen molar-refractivity contribution < 1.29 is 14.6 Å². The first-order valence-electron chi connectivity index (χ1n) is 5.77. The third kappa shape index (κ3) is 1.06. The van der Waals surface area contributed by atoms with Gasteiger partial charge in [0.2, 0.25) is 5.91 Å². The second kappa shape index (κ2) is 2.95. The minimum atomic E-state index is -0.653. The molecule has 4 heteroatoms. The maximum Gasteiger partial charge on any atom is 0.228 e. The molecule has 0 radical (unpaired) electrons. The van der Waals surface area contributed by atoms with Gasteiger partial charge in [0.1, 0.15) is 0 Å². The largest absolute Gasteiger partial charge is 0.368 e. The number of carbonyl (C=O) groups is 1. The predicted octanol–water partition coefficient (Wildman–Crippen LogP) is 0.349. The molecule has 84 valence electrons. The van der Waals surface area contributed by atoms with Gasteiger partial charge in [-0.05, 0) is 26.7 Å². The smallest absolute Gasteiger partial charge is 0.228 e. The summed E-state index contributed by atoms with van der Waals surface area (Å²) >= 11 is 0. The number of rotatable bonds is 1. The molecule has 3 fully saturated rings. The lowest BCUT2D eigenvalue weighted by atomic mass is 9.82. The van der Waals surface area contributed by atoms with Gasteiger partial charge in [0.25, 0.3) is 0 Å². The molecule has 15 heavy (non-hydrogen) atoms. The highest BCUT2D eigenvalue weighted by Gasteiger charge is 2.61. The van der Waals surface area contributed by atoms with Crippen molar-refractivity contribution in [1.82, 2.24) is 4.90 Å². The second-order valence-electron chi connectivity index (χ2n) is 5.17. The summed E-state index contributed by atoms with van der Waals surface area (Å²) in [5.74, 6) is 0.375. The van der Waals surface area contributed by atoms with Crippen LogP contribution in [-0.2, 0) is 9.53 Å². The van der Waals surface area contributed by atoms with E-state index in [1.165, 1.54) is 0 Å². The maximum absolute atomic E-state index is 12.1. The number of carbonyl (C=O) groups excluding carboxylic acids is 1. The number of aliphatic hydroxyl groups is 1. The van der Waals surface area contributed by atoms with Crippen molar-refractivity contribution in [2.24, 2.45) is 11.8 Å². The van der Waals surface area contributed by atoms with E-state index in [4.69, 9.17) is 4.74 Å². The van der Waals surface area contributed by atoms with Crippen LogP contribution in [0.4, 0.5) is 0 Å². The van der Waals surface area contributed by atoms with Crippen LogP contribution in [0.5, 0.6) is 0 Å². The molecule has 2 heterocycles. The number of amides is 1. The van der Waals surface area contributed by atoms with Crippen molar-refractivity contribution in [2.45, 2.75) is 51.2 Å². The van der Waals surface area contributed by atoms with E-state index in [1.54, 1.807) is 0 Å². The van der Waals surface area contributed by atoms with Crippen LogP contribution >= 0.6 is 0 Å². The maximum atomic E-state index is 12.1. The lowest BCUT2D eigenvalue weighted by Crippen LogP contribution is -2.44. The molecule has 1 unspecified atom stereocenters. The zero-order valence-corrected chi connectivity index (χ0v) is 9.09. The number of hydrogen-bond acceptors (Lipinski definition) is 3. The molecule has 0 aromatic heterocycles. The second-order valence-corrected chi connectivity index (χ2v) is 5.17. The molecule has 1 aliphatic carbocycles. The minimum absolute atomic E-state index is 0.00537. The van der Waals surface area contributed by atoms with Gasteiger partial charge in [0.05, 0.1) is 18.1 Å². The Bertz CT molecular complexity index is 304. The van der Waals surface area contributed by atoms with E-state index in [9.17, 15) is 9.90 Å². The number of nitrogens with zero attached hydrogens (tertiary/aromatic N) is 1. The third-order valence-electron chi connectivity index (χ3n) is 4.09. The van der Waals surface area contributed by atoms with E-state index in [1.807, 2.05) is 18.7 Å². The summed E-state index contributed by atoms with van der Waals surface area (Å²) in [6.07, 6.45) is 1.10. The molecular formula is C11H17NO3. The van der Waals surface area contributed by atoms with Gasteiger partial charge in [0.15, 0.2) is 6.29 Å². The predicted molar refractivity (Wildman–Crippen MR) is 52.9 cm³/mol. The highest BCUT2D eigenvalue weighted by Crippen LogP contribution is 2.49. The Balaban J connectivity index is 1.99. The number of ether oxygens (including phenoxy) is 1. The van der Waals surface area contributed by atoms with Crippen LogP contribution in [0.15, 0.2) is 0 Å². The Labute approximate surface area is 89.2 Å². The van der Waals surface area contributed by atoms with E-state index in [0.717, 1.165) is 12.8 Å². The normalized spacial score (nSPS) is 48.1. The fourth-order valence-corrected chi connectivity index (χ4v) is 3.50. The molecule has 3 rings (SSSR count). The van der Waals surface area contributed by atoms with Gasteiger partial charge in [-0.1, -0.05) is 0 Å². The summed E-state index contributed by atoms with van der Waals surface area (Å²) in [5, 5.41) is 9.75. The first kappa shape index (κ1) is 9.60. The highest BCUT2D eigenvalue weighted by molar-refractivity contribution is 5.83. The first-order chi connectivity index (χ1) is 7.11. The summed E-state index contributed by atoms with van der Waals surface area (Å²) in [6.45, 7) is 4.06. The summed E-state index contributed by atoms with van der Waals surface area (Å²) in [7, 11) is 0. The van der Waals surface area contributed by atoms with Gasteiger partial charge in [-0.25, -0.2) is 0 Å². The monoisotopic (exact) mass is 211 g/mol. The van der Waals surface area contributed by atoms with Crippen molar-refractivity contribution in [2.75, 3.05) is 0 Å². The molecule has 0 aromatic rings. The van der Waals surface area contributed by atoms with E-state index in [0.29, 0.717) is 0 Å². The Morgan fingerprint density at radius 2 is 2.20 bits per heavy atom. The Kier molecular flexibility index (Phi) is 1.89. The van der Waals surface area contributed by atoms with Gasteiger partial charge in [0, 0.05) is 12.0 Å². The standard InChI is InChI=1S/C11H17NO3/c1-5(2)12-8-6-3-4-7(10(12)13)9(8)15-11(6)14/h5-9,11,14H,3-4H2,1-2H3/t6-,7-,8+,9+,11?/m0/s1. The number of hydrogen-bond donors (Lipinski definition) is 1. The van der Waals surface area contributed by atoms with Gasteiger partial charge in [-0.2, -0.15) is 0 Å². The van der Waals surface area contributed by atoms with Gasteiger partial charge in [-0.15, -0.1) is 0 Å². The lowest BCUT2D eigenvalue weighted by molar-refractivity contribution is -0.139. The average Bonchev–Trinajstić information content (AvgIpc) is 2.50. The molecular weight excluding hydrogens is 194 g/mol. The molecule has 0 spiro atoms. The molecule has 2 aliphatic heterocycles. The van der Waals surface area contributed by atoms with E-state index < -0.39 is 6.29 Å². The van der Waals surface area contributed by atoms with Crippen LogP contribution in [0.25, 0.3) is 0 Å². The summed E-state index contributed by atoms with van der Waals surface area (Å²) in [5.41, 5.74) is 0. The molecule has 0 aromatic carbocycles. The Hall–Kier alpha value is -0.610. The lowest BCUT2D eigenvalue weighted by Gasteiger charge is -2.31. The number of likely N-dealkylation sites (tertiary alicyclic amines) is 1. The van der Waals surface area contributed by atoms with Gasteiger partial charge >= 0.3 is 0 Å². The van der Waals surface area contributed by atoms with Crippen molar-refractivity contribution in [3.63, 3.8) is 0 Å². The fraction of sp³-hybridized carbons (Fsp3) is 0.909. The fourth-order valence-electron chi connectivity index (χ4n) is 3.50. The Morgan fingerprint density at radius 3 is 2.87 bits per heavy atom. The average molecular weight is 211 g/mol. The van der Waals surface area contributed by atoms with Crippen molar-refractivity contribution >= 4 is 5.91 Å². The van der Waals surface area contributed by atoms with Crippen LogP contribution in [-0.4, -0.2) is 40.4 Å². The molecule has 4 nitrogen and oxygen atoms in total. The molecule has 1 amide bonds. The molecule has 2 saturated heterocycles. The Morgan fingerprint density at radius 1 is 1.47 bits per heavy atom. The van der Waals surface area contributed by atoms with E-state index >= 15 is 0 Å². The zero-order chi connectivity index (χ0) is 10.7. The van der Waals surface area contributed by atoms with Crippen molar-refractivity contribution in [3.8, 4) is 0 Å². The number of aliphatic hydroxyl groups excluding tert-OH is 1. The molecule has 4 bridgehead atoms. The summed E-state index contributed by atoms with van der Waals surface area (Å²) < 4.78 is 5.52. The van der Waals surface area contributed by atoms with E-state index in [-0.39, 0.29) is 35.9 Å². The summed E-state index contributed by atoms with van der Waals surface area (Å²) in [4.78, 5) is 14.0. The van der Waals surface area contributed by atoms with Gasteiger partial charge < -0.3 is 14.7 Å². The van der Waals surface area contributed by atoms with Crippen LogP contribution in [0.2, 0.25) is 0 Å². The molecule has 3 aliphatic rings. The molecule has 1 N–H and O–H groups in total. The van der Waals surface area contributed by atoms with Crippen LogP contribution in [0, 0.1) is 11.8 Å². The van der Waals surface area contributed by atoms with Crippen molar-refractivity contribution in [1.29, 1.82) is 0 Å². The summed E-state index contributed by atoms with van der Waals surface area (Å²) in [6, 6.07) is 0.343. The van der Waals surface area contributed by atoms with Crippen LogP contribution in [0.1, 0.15) is 26.7 Å². The van der Waals surface area contributed by atoms with Crippen LogP contribution in [0.3, 0.4) is 0 Å². The van der Waals surface area contributed by atoms with Crippen molar-refractivity contribution in [3.05, 3.63) is 0 Å². The quantitative estimate of drug-likeness (QED) is 0.681. The molecule has 5 atom stereocenters. The minimum Gasteiger partial charge on any atom is -0.368 e.